The summed E-state index contributed by atoms with van der Waals surface area (Å²) in [5.74, 6) is -2.42. The summed E-state index contributed by atoms with van der Waals surface area (Å²) in [5, 5.41) is 37.2. The Hall–Kier alpha value is -5.51. The van der Waals surface area contributed by atoms with Gasteiger partial charge < -0.3 is 97.0 Å². The van der Waals surface area contributed by atoms with Crippen LogP contribution in [0.25, 0.3) is 0 Å². The Kier molecular flexibility index (Phi) is 35.3. The lowest BCUT2D eigenvalue weighted by atomic mass is 9.43. The molecule has 6 heterocycles. The molecule has 120 heavy (non-hydrogen) atoms. The number of ether oxygens (including phenoxy) is 5. The predicted molar refractivity (Wildman–Crippen MR) is 469 cm³/mol. The van der Waals surface area contributed by atoms with Crippen LogP contribution in [0.1, 0.15) is 184 Å². The lowest BCUT2D eigenvalue weighted by molar-refractivity contribution is -0.199. The fraction of sp³-hybridized carbons (Fsp3) is 0.744. The predicted octanol–water partition coefficient (Wildman–Crippen LogP) is 12.7. The molecule has 3 aromatic heterocycles. The molecule has 3 saturated heterocycles. The number of halogens is 1. The highest BCUT2D eigenvalue weighted by Gasteiger charge is 2.70. The van der Waals surface area contributed by atoms with Crippen LogP contribution in [0.15, 0.2) is 52.5 Å². The molecule has 14 atom stereocenters. The standard InChI is InChI=1S/C34H57BN2O8SSi.C32H55BN2O6SSi.C14H19BN2O7S.C2H3ClO2/c1-31(2,3)42-29(39)18-23(44-47(11,12)32(4,5)6)20-37(30(40)41-10)21-27(36-28(38)19-24-14-13-15-46-24)35-43-26-17-22-16-25(33(22,7)8)34(26,9)45-35;1-29(2,3)38-28(37)17-22(40-43(10,11)30(4,5)6)19-34-20-26(35-27(36)18-23-13-12-14-42-23)33-39-25-16-21-15-24(31(21,7)8)32(25,9)41-33;1-23-14(21)17-7-9(5-13(19)20)24-15(22)11(8-17)16-12(18)6-10-3-2-4-25-10;1-5-2(3)4/h13-15,22-23,25-27H,16-21H2,1-12H3,(H,36,38);12-14,21-22,24-26,34H,15-20H2,1-11H3,(H,35,36);2-4,9,11,22H,5-8H2,1H3,(H,16,18)(H,19,20);1H3/t22-,23?,25-,26+,27-,34-;21-,22?,24-,25+,26-,32-;9?,11-;/m000./s1. The van der Waals surface area contributed by atoms with Crippen molar-refractivity contribution < 1.29 is 109 Å². The summed E-state index contributed by atoms with van der Waals surface area (Å²) in [6.07, 6.45) is 1.21. The number of rotatable bonds is 29. The molecular weight excluding hydrogens is 1660 g/mol. The molecule has 3 unspecified atom stereocenters. The maximum absolute atomic E-state index is 13.4. The normalized spacial score (nSPS) is 25.0. The zero-order chi connectivity index (χ0) is 89.9. The molecule has 9 fully saturated rings. The number of carbonyl (C=O) groups excluding carboxylic acids is 8. The van der Waals surface area contributed by atoms with E-state index < -0.39 is 114 Å². The van der Waals surface area contributed by atoms with E-state index in [-0.39, 0.29) is 127 Å². The third kappa shape index (κ3) is 28.0. The number of esters is 2. The first kappa shape index (κ1) is 102. The van der Waals surface area contributed by atoms with Crippen molar-refractivity contribution in [1.82, 2.24) is 31.1 Å². The number of hydrogen-bond acceptors (Lipinski definition) is 26. The van der Waals surface area contributed by atoms with Gasteiger partial charge in [-0.05, 0) is 186 Å². The van der Waals surface area contributed by atoms with Gasteiger partial charge in [-0.2, -0.15) is 0 Å². The second-order valence-corrected chi connectivity index (χ2v) is 52.1. The number of amides is 5. The zero-order valence-electron chi connectivity index (χ0n) is 75.1. The van der Waals surface area contributed by atoms with Crippen LogP contribution in [-0.4, -0.2) is 243 Å². The number of carbonyl (C=O) groups is 9. The number of methoxy groups -OCH3 is 3. The maximum atomic E-state index is 13.4. The maximum Gasteiger partial charge on any atom is 0.483 e. The Morgan fingerprint density at radius 1 is 0.592 bits per heavy atom. The highest BCUT2D eigenvalue weighted by molar-refractivity contribution is 7.10. The minimum absolute atomic E-state index is 0.0107. The topological polar surface area (TPSA) is 359 Å². The molecule has 0 radical (unpaired) electrons. The average molecular weight is 1790 g/mol. The lowest BCUT2D eigenvalue weighted by Gasteiger charge is -2.64. The highest BCUT2D eigenvalue weighted by atomic mass is 35.5. The van der Waals surface area contributed by atoms with Crippen molar-refractivity contribution >= 4 is 137 Å². The van der Waals surface area contributed by atoms with E-state index in [1.54, 1.807) is 11.3 Å². The number of nitrogens with zero attached hydrogens (tertiary/aromatic N) is 2. The molecule has 29 nitrogen and oxygen atoms in total. The van der Waals surface area contributed by atoms with Crippen molar-refractivity contribution in [2.45, 2.75) is 296 Å². The smallest absolute Gasteiger partial charge is 0.481 e. The molecule has 9 aliphatic rings. The van der Waals surface area contributed by atoms with E-state index in [1.807, 2.05) is 94.1 Å². The number of carboxylic acids is 1. The van der Waals surface area contributed by atoms with Crippen LogP contribution in [-0.2, 0) is 104 Å². The van der Waals surface area contributed by atoms with Gasteiger partial charge in [0, 0.05) is 65.5 Å². The minimum Gasteiger partial charge on any atom is -0.481 e. The first-order valence-corrected chi connectivity index (χ1v) is 50.3. The quantitative estimate of drug-likeness (QED) is 0.0163. The fourth-order valence-electron chi connectivity index (χ4n) is 16.6. The zero-order valence-corrected chi connectivity index (χ0v) is 80.3. The number of hydrogen-bond donors (Lipinski definition) is 6. The third-order valence-electron chi connectivity index (χ3n) is 25.1. The van der Waals surface area contributed by atoms with E-state index in [2.05, 4.69) is 152 Å². The van der Waals surface area contributed by atoms with Gasteiger partial charge >= 0.3 is 56.9 Å². The van der Waals surface area contributed by atoms with Crippen LogP contribution in [0, 0.1) is 34.5 Å². The second-order valence-electron chi connectivity index (χ2n) is 39.1. The second kappa shape index (κ2) is 41.7. The van der Waals surface area contributed by atoms with Gasteiger partial charge in [-0.15, -0.1) is 34.0 Å². The van der Waals surface area contributed by atoms with Gasteiger partial charge in [-0.1, -0.05) is 87.4 Å². The summed E-state index contributed by atoms with van der Waals surface area (Å²) in [7, 11) is -3.59. The van der Waals surface area contributed by atoms with Crippen molar-refractivity contribution in [3.63, 3.8) is 0 Å². The number of thiophene rings is 3. The molecule has 4 bridgehead atoms. The van der Waals surface area contributed by atoms with Gasteiger partial charge in [0.15, 0.2) is 16.6 Å². The van der Waals surface area contributed by atoms with Gasteiger partial charge in [-0.3, -0.25) is 28.8 Å². The van der Waals surface area contributed by atoms with Gasteiger partial charge in [0.05, 0.1) is 119 Å². The molecule has 0 aromatic carbocycles. The van der Waals surface area contributed by atoms with E-state index in [0.29, 0.717) is 43.2 Å². The molecular formula is C82H134B3ClN6O23S3Si2. The molecule has 3 aliphatic heterocycles. The van der Waals surface area contributed by atoms with Gasteiger partial charge in [0.1, 0.15) is 11.2 Å². The Labute approximate surface area is 730 Å². The third-order valence-corrected chi connectivity index (χ3v) is 36.9. The summed E-state index contributed by atoms with van der Waals surface area (Å²) in [6, 6.07) is 11.4. The van der Waals surface area contributed by atoms with Crippen LogP contribution >= 0.6 is 45.6 Å². The summed E-state index contributed by atoms with van der Waals surface area (Å²) >= 11 is 9.12. The van der Waals surface area contributed by atoms with Crippen LogP contribution in [0.4, 0.5) is 14.4 Å². The monoisotopic (exact) mass is 1790 g/mol. The van der Waals surface area contributed by atoms with E-state index >= 15 is 0 Å². The van der Waals surface area contributed by atoms with Crippen LogP contribution in [0.2, 0.25) is 36.3 Å². The average Bonchev–Trinajstić information content (AvgIpc) is 1.42. The SMILES string of the molecule is CC(C)(C)OC(=O)CC(CNC[C@H](NC(=O)Cc1cccs1)B1O[C@@H]2C[C@@H]3C[C@@H](C3(C)C)[C@]2(C)O1)O[Si](C)(C)C(C)(C)C.COC(=O)Cl.COC(=O)N(CC(CC(=O)OC(C)(C)C)O[Si](C)(C)C(C)(C)C)C[C@H](NC(=O)Cc1cccs1)B1O[C@@H]2C[C@@H]3C[C@@H](C3(C)C)[C@]2(C)O1.COC(=O)N1CC(CC(=O)O)OB(O)[C@@H](NC(=O)Cc2cccs2)C1. The molecule has 672 valence electrons. The van der Waals surface area contributed by atoms with Crippen molar-refractivity contribution in [2.24, 2.45) is 34.5 Å². The van der Waals surface area contributed by atoms with Gasteiger partial charge in [-0.25, -0.2) is 14.4 Å². The molecule has 6 aliphatic carbocycles. The highest BCUT2D eigenvalue weighted by Crippen LogP contribution is 2.67. The Balaban J connectivity index is 0.000000251. The van der Waals surface area contributed by atoms with Gasteiger partial charge in [0.2, 0.25) is 17.7 Å². The fourth-order valence-corrected chi connectivity index (χ4v) is 21.4. The van der Waals surface area contributed by atoms with Crippen molar-refractivity contribution in [2.75, 3.05) is 60.6 Å². The summed E-state index contributed by atoms with van der Waals surface area (Å²) < 4.78 is 70.6. The number of carboxylic acid groups (broad SMARTS) is 1. The van der Waals surface area contributed by atoms with Crippen LogP contribution < -0.4 is 21.3 Å². The summed E-state index contributed by atoms with van der Waals surface area (Å²) in [5.41, 5.74) is -2.50. The molecule has 6 N–H and O–H groups in total. The molecule has 0 spiro atoms. The summed E-state index contributed by atoms with van der Waals surface area (Å²) in [4.78, 5) is 116. The Bertz CT molecular complexity index is 3910. The molecule has 5 amide bonds. The van der Waals surface area contributed by atoms with Crippen molar-refractivity contribution in [3.05, 3.63) is 67.2 Å². The molecule has 3 aromatic rings. The van der Waals surface area contributed by atoms with Crippen molar-refractivity contribution in [1.29, 1.82) is 0 Å². The van der Waals surface area contributed by atoms with Crippen molar-refractivity contribution in [3.8, 4) is 0 Å². The Morgan fingerprint density at radius 2 is 1.02 bits per heavy atom. The molecule has 6 saturated carbocycles. The minimum atomic E-state index is -2.39. The first-order valence-electron chi connectivity index (χ1n) is 41.5. The van der Waals surface area contributed by atoms with Gasteiger partial charge in [0.25, 0.3) is 0 Å². The number of nitrogens with one attached hydrogen (secondary N) is 4. The van der Waals surface area contributed by atoms with E-state index in [4.69, 9.17) is 51.4 Å². The Morgan fingerprint density at radius 3 is 1.41 bits per heavy atom. The van der Waals surface area contributed by atoms with Crippen LogP contribution in [0.3, 0.4) is 0 Å². The lowest BCUT2D eigenvalue weighted by Crippen LogP contribution is -2.65. The van der Waals surface area contributed by atoms with E-state index in [9.17, 15) is 48.2 Å². The first-order chi connectivity index (χ1) is 55.4. The largest absolute Gasteiger partial charge is 0.483 e. The molecule has 12 rings (SSSR count). The molecule has 38 heteroatoms. The summed E-state index contributed by atoms with van der Waals surface area (Å²) in [6.45, 7) is 47.1. The van der Waals surface area contributed by atoms with E-state index in [0.717, 1.165) is 33.9 Å². The number of aliphatic carboxylic acids is 1. The van der Waals surface area contributed by atoms with E-state index in [1.165, 1.54) is 60.2 Å². The van der Waals surface area contributed by atoms with Crippen LogP contribution in [0.5, 0.6) is 0 Å².